The zero-order valence-electron chi connectivity index (χ0n) is 31.5. The summed E-state index contributed by atoms with van der Waals surface area (Å²) in [6, 6.07) is 9.28. The molecule has 13 heteroatoms. The summed E-state index contributed by atoms with van der Waals surface area (Å²) in [7, 11) is 1.69. The van der Waals surface area contributed by atoms with Crippen LogP contribution in [0.1, 0.15) is 83.7 Å². The Morgan fingerprint density at radius 3 is 2.65 bits per heavy atom. The fraction of sp³-hybridized carbons (Fsp3) is 0.513. The van der Waals surface area contributed by atoms with Gasteiger partial charge >= 0.3 is 12.1 Å². The van der Waals surface area contributed by atoms with Crippen LogP contribution in [0.4, 0.5) is 4.79 Å². The monoisotopic (exact) mass is 732 g/mol. The third-order valence-electron chi connectivity index (χ3n) is 9.04. The number of hydrogen-bond acceptors (Lipinski definition) is 11. The van der Waals surface area contributed by atoms with Crippen LogP contribution in [0, 0.1) is 5.41 Å². The largest absolute Gasteiger partial charge is 0.464 e. The molecule has 3 aromatic heterocycles. The van der Waals surface area contributed by atoms with E-state index in [1.54, 1.807) is 34.1 Å². The van der Waals surface area contributed by atoms with Crippen molar-refractivity contribution >= 4 is 40.6 Å². The lowest BCUT2D eigenvalue weighted by atomic mass is 9.84. The van der Waals surface area contributed by atoms with E-state index >= 15 is 0 Å². The van der Waals surface area contributed by atoms with Crippen LogP contribution in [-0.2, 0) is 43.2 Å². The fourth-order valence-corrected chi connectivity index (χ4v) is 7.37. The van der Waals surface area contributed by atoms with E-state index in [1.807, 2.05) is 18.4 Å². The van der Waals surface area contributed by atoms with E-state index in [4.69, 9.17) is 24.2 Å². The van der Waals surface area contributed by atoms with Gasteiger partial charge in [0, 0.05) is 65.6 Å². The van der Waals surface area contributed by atoms with E-state index in [9.17, 15) is 14.4 Å². The second-order valence-corrected chi connectivity index (χ2v) is 16.0. The number of hydrazine groups is 1. The summed E-state index contributed by atoms with van der Waals surface area (Å²) in [5.41, 5.74) is 11.8. The number of aromatic nitrogens is 3. The zero-order chi connectivity index (χ0) is 37.6. The molecule has 1 unspecified atom stereocenters. The highest BCUT2D eigenvalue weighted by molar-refractivity contribution is 7.10. The molecule has 5 rings (SSSR count). The minimum absolute atomic E-state index is 0.234. The van der Waals surface area contributed by atoms with E-state index in [2.05, 4.69) is 65.8 Å². The van der Waals surface area contributed by atoms with Crippen molar-refractivity contribution in [2.75, 3.05) is 20.3 Å². The van der Waals surface area contributed by atoms with Gasteiger partial charge in [0.05, 0.1) is 40.8 Å². The molecule has 0 saturated carbocycles. The summed E-state index contributed by atoms with van der Waals surface area (Å²) < 4.78 is 19.3. The number of ether oxygens (including phenoxy) is 3. The number of rotatable bonds is 14. The third-order valence-corrected chi connectivity index (χ3v) is 9.91. The summed E-state index contributed by atoms with van der Waals surface area (Å²) >= 11 is 1.44. The first kappa shape index (κ1) is 39.0. The fourth-order valence-electron chi connectivity index (χ4n) is 6.51. The molecule has 0 aliphatic carbocycles. The Morgan fingerprint density at radius 1 is 1.19 bits per heavy atom. The average Bonchev–Trinajstić information content (AvgIpc) is 3.71. The number of alkyl carbamates (subject to hydrolysis) is 1. The van der Waals surface area contributed by atoms with Crippen molar-refractivity contribution in [2.24, 2.45) is 5.41 Å². The van der Waals surface area contributed by atoms with E-state index < -0.39 is 23.2 Å². The van der Waals surface area contributed by atoms with Gasteiger partial charge in [-0.2, -0.15) is 0 Å². The van der Waals surface area contributed by atoms with Crippen molar-refractivity contribution in [1.82, 2.24) is 30.7 Å². The molecule has 4 heterocycles. The van der Waals surface area contributed by atoms with Gasteiger partial charge in [-0.05, 0) is 83.7 Å². The number of fused-ring (bicyclic) bond motifs is 1. The molecular weight excluding hydrogens is 681 g/mol. The summed E-state index contributed by atoms with van der Waals surface area (Å²) in [5.74, 6) is -0.250. The van der Waals surface area contributed by atoms with Crippen molar-refractivity contribution in [3.63, 3.8) is 0 Å². The van der Waals surface area contributed by atoms with Crippen molar-refractivity contribution in [1.29, 1.82) is 0 Å². The SMILES string of the molecule is CCn1c(-c2cccnc2[C@H](C)OC)c(CC(C)(C)COC(=O)C2CCCNN2)c2cc(-c3csc(C[C@@H](C=O)NC(=O)OC(C)(C)C)n3)ccc21. The molecule has 1 aliphatic rings. The summed E-state index contributed by atoms with van der Waals surface area (Å²) in [5, 5.41) is 6.40. The third kappa shape index (κ3) is 9.43. The number of nitrogens with one attached hydrogen (secondary N) is 3. The summed E-state index contributed by atoms with van der Waals surface area (Å²) in [4.78, 5) is 46.8. The number of carbonyl (C=O) groups excluding carboxylic acids is 3. The van der Waals surface area contributed by atoms with Crippen LogP contribution in [0.25, 0.3) is 33.4 Å². The Morgan fingerprint density at radius 2 is 1.98 bits per heavy atom. The Balaban J connectivity index is 1.52. The molecule has 1 fully saturated rings. The van der Waals surface area contributed by atoms with Gasteiger partial charge in [0.25, 0.3) is 0 Å². The molecule has 1 aliphatic heterocycles. The van der Waals surface area contributed by atoms with Gasteiger partial charge in [-0.1, -0.05) is 19.9 Å². The molecular formula is C39H52N6O6S. The Bertz CT molecular complexity index is 1870. The van der Waals surface area contributed by atoms with Crippen LogP contribution in [0.5, 0.6) is 0 Å². The maximum Gasteiger partial charge on any atom is 0.408 e. The van der Waals surface area contributed by atoms with Gasteiger partial charge in [-0.3, -0.25) is 15.2 Å². The predicted octanol–water partition coefficient (Wildman–Crippen LogP) is 6.56. The number of carbonyl (C=O) groups is 3. The molecule has 4 aromatic rings. The van der Waals surface area contributed by atoms with E-state index in [0.29, 0.717) is 12.7 Å². The highest BCUT2D eigenvalue weighted by atomic mass is 32.1. The molecule has 3 N–H and O–H groups in total. The predicted molar refractivity (Wildman–Crippen MR) is 203 cm³/mol. The van der Waals surface area contributed by atoms with E-state index in [1.165, 1.54) is 11.3 Å². The van der Waals surface area contributed by atoms with Crippen molar-refractivity contribution in [2.45, 2.75) is 104 Å². The Kier molecular flexibility index (Phi) is 12.5. The van der Waals surface area contributed by atoms with Crippen LogP contribution in [0.2, 0.25) is 0 Å². The first-order valence-corrected chi connectivity index (χ1v) is 18.8. The molecule has 12 nitrogen and oxygen atoms in total. The van der Waals surface area contributed by atoms with E-state index in [0.717, 1.165) is 75.6 Å². The Labute approximate surface area is 310 Å². The van der Waals surface area contributed by atoms with Gasteiger partial charge in [-0.15, -0.1) is 11.3 Å². The lowest BCUT2D eigenvalue weighted by Gasteiger charge is -2.28. The molecule has 0 radical (unpaired) electrons. The number of aryl methyl sites for hydroxylation is 1. The maximum absolute atomic E-state index is 13.0. The molecule has 280 valence electrons. The number of pyridine rings is 1. The number of hydrogen-bond donors (Lipinski definition) is 3. The zero-order valence-corrected chi connectivity index (χ0v) is 32.3. The smallest absolute Gasteiger partial charge is 0.408 e. The summed E-state index contributed by atoms with van der Waals surface area (Å²) in [6.45, 7) is 15.5. The van der Waals surface area contributed by atoms with Crippen molar-refractivity contribution in [3.05, 3.63) is 58.2 Å². The van der Waals surface area contributed by atoms with Crippen LogP contribution in [0.3, 0.4) is 0 Å². The average molecular weight is 733 g/mol. The first-order valence-electron chi connectivity index (χ1n) is 17.9. The number of methoxy groups -OCH3 is 1. The molecule has 1 saturated heterocycles. The standard InChI is InChI=1S/C39H52N6O6S/c1-9-45-32-15-14-25(31-22-52-33(43-31)19-26(21-46)42-37(48)51-38(3,4)5)18-28(32)29(35(45)27-12-10-16-40-34(27)24(2)49-8)20-39(6,7)23-50-36(47)30-13-11-17-41-44-30/h10,12,14-16,18,21-22,24,26,30,41,44H,9,11,13,17,19-20,23H2,1-8H3,(H,42,48)/t24-,26-,30?/m0/s1. The highest BCUT2D eigenvalue weighted by Crippen LogP contribution is 2.41. The lowest BCUT2D eigenvalue weighted by molar-refractivity contribution is -0.150. The van der Waals surface area contributed by atoms with Gasteiger partial charge < -0.3 is 28.9 Å². The van der Waals surface area contributed by atoms with Crippen LogP contribution in [-0.4, -0.2) is 70.8 Å². The normalized spacial score (nSPS) is 16.3. The van der Waals surface area contributed by atoms with Crippen molar-refractivity contribution in [3.8, 4) is 22.5 Å². The Hall–Kier alpha value is -4.17. The number of nitrogens with zero attached hydrogens (tertiary/aromatic N) is 3. The molecule has 1 aromatic carbocycles. The second kappa shape index (κ2) is 16.7. The molecule has 3 atom stereocenters. The lowest BCUT2D eigenvalue weighted by Crippen LogP contribution is -2.50. The van der Waals surface area contributed by atoms with Crippen molar-refractivity contribution < 1.29 is 28.6 Å². The van der Waals surface area contributed by atoms with Gasteiger partial charge in [0.2, 0.25) is 0 Å². The van der Waals surface area contributed by atoms with Crippen LogP contribution >= 0.6 is 11.3 Å². The number of benzene rings is 1. The number of amides is 1. The number of thiazole rings is 1. The van der Waals surface area contributed by atoms with Gasteiger partial charge in [0.15, 0.2) is 0 Å². The minimum atomic E-state index is -0.770. The molecule has 0 spiro atoms. The van der Waals surface area contributed by atoms with Crippen LogP contribution in [0.15, 0.2) is 41.9 Å². The maximum atomic E-state index is 13.0. The van der Waals surface area contributed by atoms with Gasteiger partial charge in [0.1, 0.15) is 17.9 Å². The van der Waals surface area contributed by atoms with E-state index in [-0.39, 0.29) is 31.1 Å². The quantitative estimate of drug-likeness (QED) is 0.0963. The summed E-state index contributed by atoms with van der Waals surface area (Å²) in [6.07, 6.45) is 4.13. The second-order valence-electron chi connectivity index (χ2n) is 15.1. The molecule has 0 bridgehead atoms. The van der Waals surface area contributed by atoms with Gasteiger partial charge in [-0.25, -0.2) is 15.2 Å². The topological polar surface area (TPSA) is 146 Å². The first-order chi connectivity index (χ1) is 24.7. The highest BCUT2D eigenvalue weighted by Gasteiger charge is 2.31. The number of esters is 1. The van der Waals surface area contributed by atoms with Crippen LogP contribution < -0.4 is 16.2 Å². The minimum Gasteiger partial charge on any atom is -0.464 e. The molecule has 1 amide bonds. The number of aldehydes is 1. The molecule has 52 heavy (non-hydrogen) atoms.